The molecule has 1 heterocycles. The minimum Gasteiger partial charge on any atom is -0.477 e. The molecule has 1 rings (SSSR count). The van der Waals surface area contributed by atoms with E-state index in [9.17, 15) is 31.1 Å². The third kappa shape index (κ3) is 3.99. The lowest BCUT2D eigenvalue weighted by Gasteiger charge is -2.15. The number of hydrogen-bond acceptors (Lipinski definition) is 3. The van der Waals surface area contributed by atoms with Crippen molar-refractivity contribution in [1.82, 2.24) is 4.98 Å². The molecule has 1 N–H and O–H groups in total. The Morgan fingerprint density at radius 1 is 1.30 bits per heavy atom. The highest BCUT2D eigenvalue weighted by molar-refractivity contribution is 9.08. The number of carboxylic acid groups (broad SMARTS) is 1. The molecular formula is C9H4BrF6NO3. The van der Waals surface area contributed by atoms with Crippen LogP contribution >= 0.6 is 15.9 Å². The van der Waals surface area contributed by atoms with Gasteiger partial charge in [-0.2, -0.15) is 13.2 Å². The van der Waals surface area contributed by atoms with Crippen LogP contribution in [0.3, 0.4) is 0 Å². The lowest BCUT2D eigenvalue weighted by Crippen LogP contribution is -2.22. The molecule has 0 unspecified atom stereocenters. The summed E-state index contributed by atoms with van der Waals surface area (Å²) < 4.78 is 77.2. The molecule has 0 aliphatic carbocycles. The number of aromatic carboxylic acids is 1. The van der Waals surface area contributed by atoms with E-state index in [4.69, 9.17) is 5.11 Å². The van der Waals surface area contributed by atoms with Crippen molar-refractivity contribution < 1.29 is 41.0 Å². The Morgan fingerprint density at radius 3 is 2.20 bits per heavy atom. The number of hydrogen-bond donors (Lipinski definition) is 1. The number of carboxylic acids is 1. The lowest BCUT2D eigenvalue weighted by atomic mass is 10.1. The van der Waals surface area contributed by atoms with Crippen molar-refractivity contribution in [1.29, 1.82) is 0 Å². The van der Waals surface area contributed by atoms with Crippen LogP contribution in [0.1, 0.15) is 21.7 Å². The van der Waals surface area contributed by atoms with Gasteiger partial charge in [-0.1, -0.05) is 15.9 Å². The van der Waals surface area contributed by atoms with Crippen LogP contribution in [0, 0.1) is 0 Å². The predicted molar refractivity (Wildman–Crippen MR) is 55.5 cm³/mol. The number of rotatable bonds is 3. The zero-order valence-corrected chi connectivity index (χ0v) is 10.7. The van der Waals surface area contributed by atoms with Crippen LogP contribution in [-0.4, -0.2) is 22.4 Å². The van der Waals surface area contributed by atoms with E-state index in [2.05, 4.69) is 25.7 Å². The van der Waals surface area contributed by atoms with Crippen molar-refractivity contribution >= 4 is 21.9 Å². The van der Waals surface area contributed by atoms with Gasteiger partial charge in [0.1, 0.15) is 17.0 Å². The SMILES string of the molecule is O=C(O)c1c(OC(F)(F)F)cc(C(F)(F)F)nc1CBr. The third-order valence-electron chi connectivity index (χ3n) is 1.91. The van der Waals surface area contributed by atoms with Crippen LogP contribution in [0.4, 0.5) is 26.3 Å². The van der Waals surface area contributed by atoms with E-state index in [1.165, 1.54) is 0 Å². The fourth-order valence-corrected chi connectivity index (χ4v) is 1.65. The van der Waals surface area contributed by atoms with Gasteiger partial charge in [-0.25, -0.2) is 9.78 Å². The molecule has 1 aromatic rings. The molecule has 0 bridgehead atoms. The summed E-state index contributed by atoms with van der Waals surface area (Å²) in [7, 11) is 0. The normalized spacial score (nSPS) is 12.3. The maximum Gasteiger partial charge on any atom is 0.573 e. The van der Waals surface area contributed by atoms with Crippen molar-refractivity contribution in [3.05, 3.63) is 23.0 Å². The second-order valence-electron chi connectivity index (χ2n) is 3.31. The fourth-order valence-electron chi connectivity index (χ4n) is 1.25. The Kier molecular flexibility index (Phi) is 4.52. The van der Waals surface area contributed by atoms with Crippen LogP contribution in [-0.2, 0) is 11.5 Å². The highest BCUT2D eigenvalue weighted by Gasteiger charge is 2.39. The molecule has 0 saturated heterocycles. The Balaban J connectivity index is 3.54. The average Bonchev–Trinajstić information content (AvgIpc) is 2.23. The number of carbonyl (C=O) groups is 1. The van der Waals surface area contributed by atoms with E-state index in [-0.39, 0.29) is 6.07 Å². The Hall–Kier alpha value is -1.52. The molecule has 1 aromatic heterocycles. The van der Waals surface area contributed by atoms with Gasteiger partial charge in [0.15, 0.2) is 0 Å². The van der Waals surface area contributed by atoms with Crippen molar-refractivity contribution in [3.63, 3.8) is 0 Å². The topological polar surface area (TPSA) is 59.4 Å². The van der Waals surface area contributed by atoms with Gasteiger partial charge in [-0.3, -0.25) is 0 Å². The molecule has 4 nitrogen and oxygen atoms in total. The Labute approximate surface area is 115 Å². The Morgan fingerprint density at radius 2 is 1.85 bits per heavy atom. The minimum absolute atomic E-state index is 0.108. The summed E-state index contributed by atoms with van der Waals surface area (Å²) in [6, 6.07) is -0.108. The molecule has 0 radical (unpaired) electrons. The summed E-state index contributed by atoms with van der Waals surface area (Å²) in [4.78, 5) is 13.8. The van der Waals surface area contributed by atoms with Crippen LogP contribution in [0.15, 0.2) is 6.07 Å². The molecule has 11 heteroatoms. The standard InChI is InChI=1S/C9H4BrF6NO3/c10-2-3-6(7(18)19)4(20-9(14,15)16)1-5(17-3)8(11,12)13/h1H,2H2,(H,18,19). The van der Waals surface area contributed by atoms with E-state index >= 15 is 0 Å². The minimum atomic E-state index is -5.34. The van der Waals surface area contributed by atoms with Crippen LogP contribution in [0.25, 0.3) is 0 Å². The van der Waals surface area contributed by atoms with Crippen LogP contribution < -0.4 is 4.74 Å². The first-order chi connectivity index (χ1) is 8.95. The highest BCUT2D eigenvalue weighted by atomic mass is 79.9. The number of ether oxygens (including phenoxy) is 1. The first-order valence-corrected chi connectivity index (χ1v) is 5.74. The second kappa shape index (κ2) is 5.46. The summed E-state index contributed by atoms with van der Waals surface area (Å²) in [5, 5.41) is 8.29. The fraction of sp³-hybridized carbons (Fsp3) is 0.333. The molecule has 0 saturated carbocycles. The van der Waals surface area contributed by atoms with Gasteiger partial charge < -0.3 is 9.84 Å². The van der Waals surface area contributed by atoms with Crippen molar-refractivity contribution in [2.24, 2.45) is 0 Å². The number of alkyl halides is 7. The van der Waals surface area contributed by atoms with Gasteiger partial charge in [0.2, 0.25) is 0 Å². The first kappa shape index (κ1) is 16.5. The van der Waals surface area contributed by atoms with Crippen molar-refractivity contribution in [2.75, 3.05) is 0 Å². The molecular weight excluding hydrogens is 364 g/mol. The van der Waals surface area contributed by atoms with Gasteiger partial charge in [-0.05, 0) is 0 Å². The van der Waals surface area contributed by atoms with E-state index in [0.29, 0.717) is 0 Å². The van der Waals surface area contributed by atoms with Gasteiger partial charge in [0, 0.05) is 11.4 Å². The first-order valence-electron chi connectivity index (χ1n) is 4.62. The molecule has 20 heavy (non-hydrogen) atoms. The average molecular weight is 368 g/mol. The van der Waals surface area contributed by atoms with E-state index in [1.807, 2.05) is 0 Å². The monoisotopic (exact) mass is 367 g/mol. The molecule has 112 valence electrons. The molecule has 0 atom stereocenters. The quantitative estimate of drug-likeness (QED) is 0.655. The number of pyridine rings is 1. The van der Waals surface area contributed by atoms with E-state index in [1.54, 1.807) is 0 Å². The molecule has 0 fully saturated rings. The Bertz CT molecular complexity index is 528. The maximum atomic E-state index is 12.5. The summed E-state index contributed by atoms with van der Waals surface area (Å²) in [6.07, 6.45) is -10.4. The maximum absolute atomic E-state index is 12.5. The van der Waals surface area contributed by atoms with Crippen LogP contribution in [0.5, 0.6) is 5.75 Å². The van der Waals surface area contributed by atoms with Crippen LogP contribution in [0.2, 0.25) is 0 Å². The summed E-state index contributed by atoms with van der Waals surface area (Å²) in [5.41, 5.74) is -3.50. The number of halogens is 7. The zero-order valence-electron chi connectivity index (χ0n) is 9.14. The second-order valence-corrected chi connectivity index (χ2v) is 3.87. The summed E-state index contributed by atoms with van der Waals surface area (Å²) in [5.74, 6) is -3.36. The predicted octanol–water partition coefficient (Wildman–Crippen LogP) is 3.59. The van der Waals surface area contributed by atoms with Crippen molar-refractivity contribution in [2.45, 2.75) is 17.9 Å². The largest absolute Gasteiger partial charge is 0.573 e. The van der Waals surface area contributed by atoms with Gasteiger partial charge in [0.25, 0.3) is 0 Å². The highest BCUT2D eigenvalue weighted by Crippen LogP contribution is 2.35. The molecule has 0 amide bonds. The molecule has 0 aromatic carbocycles. The summed E-state index contributed by atoms with van der Waals surface area (Å²) >= 11 is 2.66. The van der Waals surface area contributed by atoms with E-state index in [0.717, 1.165) is 0 Å². The number of aromatic nitrogens is 1. The van der Waals surface area contributed by atoms with E-state index < -0.39 is 46.5 Å². The van der Waals surface area contributed by atoms with Gasteiger partial charge >= 0.3 is 18.5 Å². The lowest BCUT2D eigenvalue weighted by molar-refractivity contribution is -0.275. The molecule has 0 aliphatic heterocycles. The number of nitrogens with zero attached hydrogens (tertiary/aromatic N) is 1. The molecule has 0 spiro atoms. The van der Waals surface area contributed by atoms with Crippen molar-refractivity contribution in [3.8, 4) is 5.75 Å². The smallest absolute Gasteiger partial charge is 0.477 e. The third-order valence-corrected chi connectivity index (χ3v) is 2.45. The molecule has 0 aliphatic rings. The van der Waals surface area contributed by atoms with Gasteiger partial charge in [0.05, 0.1) is 5.69 Å². The zero-order chi connectivity index (χ0) is 15.7. The van der Waals surface area contributed by atoms with Gasteiger partial charge in [-0.15, -0.1) is 13.2 Å². The summed E-state index contributed by atoms with van der Waals surface area (Å²) in [6.45, 7) is 0.